The van der Waals surface area contributed by atoms with E-state index in [0.717, 1.165) is 25.7 Å². The van der Waals surface area contributed by atoms with Gasteiger partial charge in [0, 0.05) is 25.7 Å². The fourth-order valence-corrected chi connectivity index (χ4v) is 1.00. The lowest BCUT2D eigenvalue weighted by molar-refractivity contribution is 0.410. The molecule has 2 heteroatoms. The topological polar surface area (TPSA) is 24.1 Å². The molecule has 0 aromatic heterocycles. The Balaban J connectivity index is 0. The predicted molar refractivity (Wildman–Crippen MR) is 66.9 cm³/mol. The highest BCUT2D eigenvalue weighted by atomic mass is 15.0. The van der Waals surface area contributed by atoms with Crippen molar-refractivity contribution in [3.8, 4) is 0 Å². The minimum absolute atomic E-state index is 0.726. The van der Waals surface area contributed by atoms with Crippen LogP contribution in [0.25, 0.3) is 0 Å². The van der Waals surface area contributed by atoms with Gasteiger partial charge in [0.05, 0.1) is 0 Å². The van der Waals surface area contributed by atoms with Crippen molar-refractivity contribution in [2.45, 2.75) is 59.9 Å². The number of hydrogen-bond donors (Lipinski definition) is 2. The molecule has 88 valence electrons. The number of piperazine rings is 1. The molecule has 1 atom stereocenters. The van der Waals surface area contributed by atoms with Gasteiger partial charge in [-0.3, -0.25) is 0 Å². The quantitative estimate of drug-likeness (QED) is 0.719. The van der Waals surface area contributed by atoms with E-state index in [1.54, 1.807) is 0 Å². The predicted octanol–water partition coefficient (Wildman–Crippen LogP) is 2.79. The Morgan fingerprint density at radius 3 is 1.79 bits per heavy atom. The highest BCUT2D eigenvalue weighted by molar-refractivity contribution is 4.72. The summed E-state index contributed by atoms with van der Waals surface area (Å²) < 4.78 is 0. The maximum absolute atomic E-state index is 3.41. The van der Waals surface area contributed by atoms with Gasteiger partial charge in [0.2, 0.25) is 0 Å². The number of rotatable bonds is 2. The van der Waals surface area contributed by atoms with E-state index < -0.39 is 0 Å². The standard InChI is InChI=1S/C6H14N2.C4H10.C2H6/c1-2-6-5-7-3-4-8-6;1-3-4-2;1-2/h6-8H,2-5H2,1H3;3-4H2,1-2H3;1-2H3. The van der Waals surface area contributed by atoms with E-state index >= 15 is 0 Å². The van der Waals surface area contributed by atoms with E-state index in [1.807, 2.05) is 13.8 Å². The van der Waals surface area contributed by atoms with Gasteiger partial charge < -0.3 is 10.6 Å². The van der Waals surface area contributed by atoms with Crippen LogP contribution in [0.1, 0.15) is 53.9 Å². The molecule has 0 spiro atoms. The molecule has 1 unspecified atom stereocenters. The highest BCUT2D eigenvalue weighted by Gasteiger charge is 2.07. The zero-order valence-electron chi connectivity index (χ0n) is 10.8. The summed E-state index contributed by atoms with van der Waals surface area (Å²) in [5.74, 6) is 0. The average molecular weight is 202 g/mol. The molecule has 14 heavy (non-hydrogen) atoms. The van der Waals surface area contributed by atoms with Crippen molar-refractivity contribution < 1.29 is 0 Å². The maximum Gasteiger partial charge on any atom is 0.0190 e. The van der Waals surface area contributed by atoms with Crippen molar-refractivity contribution in [2.75, 3.05) is 19.6 Å². The summed E-state index contributed by atoms with van der Waals surface area (Å²) >= 11 is 0. The molecule has 2 nitrogen and oxygen atoms in total. The zero-order chi connectivity index (χ0) is 11.2. The molecule has 0 amide bonds. The third-order valence-corrected chi connectivity index (χ3v) is 2.12. The maximum atomic E-state index is 3.41. The first kappa shape index (κ1) is 16.4. The van der Waals surface area contributed by atoms with Crippen LogP contribution in [0.4, 0.5) is 0 Å². The number of hydrogen-bond acceptors (Lipinski definition) is 2. The molecular weight excluding hydrogens is 172 g/mol. The molecule has 0 aromatic carbocycles. The summed E-state index contributed by atoms with van der Waals surface area (Å²) in [6.07, 6.45) is 3.88. The first-order chi connectivity index (χ1) is 6.85. The SMILES string of the molecule is CC.CCC1CNCCN1.CCCC. The fraction of sp³-hybridized carbons (Fsp3) is 1.00. The normalized spacial score (nSPS) is 19.9. The van der Waals surface area contributed by atoms with Gasteiger partial charge in [0.25, 0.3) is 0 Å². The smallest absolute Gasteiger partial charge is 0.0190 e. The van der Waals surface area contributed by atoms with Gasteiger partial charge >= 0.3 is 0 Å². The second kappa shape index (κ2) is 15.4. The van der Waals surface area contributed by atoms with Crippen LogP contribution in [0.2, 0.25) is 0 Å². The third kappa shape index (κ3) is 11.9. The van der Waals surface area contributed by atoms with E-state index in [9.17, 15) is 0 Å². The van der Waals surface area contributed by atoms with Crippen LogP contribution in [0.15, 0.2) is 0 Å². The van der Waals surface area contributed by atoms with E-state index in [0.29, 0.717) is 0 Å². The average Bonchev–Trinajstić information content (AvgIpc) is 2.33. The summed E-state index contributed by atoms with van der Waals surface area (Å²) in [5.41, 5.74) is 0. The van der Waals surface area contributed by atoms with Crippen molar-refractivity contribution in [3.63, 3.8) is 0 Å². The zero-order valence-corrected chi connectivity index (χ0v) is 10.8. The van der Waals surface area contributed by atoms with Crippen molar-refractivity contribution in [1.29, 1.82) is 0 Å². The first-order valence-corrected chi connectivity index (χ1v) is 6.29. The second-order valence-electron chi connectivity index (χ2n) is 3.26. The van der Waals surface area contributed by atoms with Gasteiger partial charge in [-0.15, -0.1) is 0 Å². The lowest BCUT2D eigenvalue weighted by atomic mass is 10.2. The van der Waals surface area contributed by atoms with Crippen molar-refractivity contribution in [2.24, 2.45) is 0 Å². The molecule has 1 heterocycles. The van der Waals surface area contributed by atoms with Gasteiger partial charge in [0.15, 0.2) is 0 Å². The Labute approximate surface area is 90.9 Å². The molecule has 0 saturated carbocycles. The van der Waals surface area contributed by atoms with E-state index in [4.69, 9.17) is 0 Å². The molecule has 1 fully saturated rings. The minimum atomic E-state index is 0.726. The fourth-order valence-electron chi connectivity index (χ4n) is 1.00. The minimum Gasteiger partial charge on any atom is -0.314 e. The van der Waals surface area contributed by atoms with E-state index in [2.05, 4.69) is 31.4 Å². The molecule has 2 N–H and O–H groups in total. The summed E-state index contributed by atoms with van der Waals surface area (Å²) in [5, 5.41) is 6.73. The Morgan fingerprint density at radius 1 is 1.00 bits per heavy atom. The summed E-state index contributed by atoms with van der Waals surface area (Å²) in [4.78, 5) is 0. The summed E-state index contributed by atoms with van der Waals surface area (Å²) in [6.45, 7) is 14.0. The van der Waals surface area contributed by atoms with Crippen LogP contribution in [0, 0.1) is 0 Å². The number of unbranched alkanes of at least 4 members (excludes halogenated alkanes) is 1. The van der Waals surface area contributed by atoms with Gasteiger partial charge in [-0.25, -0.2) is 0 Å². The number of nitrogens with one attached hydrogen (secondary N) is 2. The van der Waals surface area contributed by atoms with Crippen LogP contribution in [-0.4, -0.2) is 25.7 Å². The molecular formula is C12H30N2. The Bertz CT molecular complexity index is 76.4. The third-order valence-electron chi connectivity index (χ3n) is 2.12. The molecule has 1 aliphatic rings. The van der Waals surface area contributed by atoms with Gasteiger partial charge in [-0.05, 0) is 6.42 Å². The molecule has 1 rings (SSSR count). The molecule has 0 aromatic rings. The van der Waals surface area contributed by atoms with Crippen LogP contribution >= 0.6 is 0 Å². The van der Waals surface area contributed by atoms with Crippen LogP contribution in [-0.2, 0) is 0 Å². The molecule has 0 aliphatic carbocycles. The lowest BCUT2D eigenvalue weighted by Crippen LogP contribution is -2.47. The van der Waals surface area contributed by atoms with Crippen molar-refractivity contribution in [3.05, 3.63) is 0 Å². The molecule has 1 saturated heterocycles. The van der Waals surface area contributed by atoms with Crippen LogP contribution in [0.5, 0.6) is 0 Å². The van der Waals surface area contributed by atoms with E-state index in [1.165, 1.54) is 19.3 Å². The Hall–Kier alpha value is -0.0800. The van der Waals surface area contributed by atoms with Crippen molar-refractivity contribution >= 4 is 0 Å². The lowest BCUT2D eigenvalue weighted by Gasteiger charge is -2.22. The van der Waals surface area contributed by atoms with Crippen molar-refractivity contribution in [1.82, 2.24) is 10.6 Å². The largest absolute Gasteiger partial charge is 0.314 e. The van der Waals surface area contributed by atoms with Crippen LogP contribution < -0.4 is 10.6 Å². The summed E-state index contributed by atoms with van der Waals surface area (Å²) in [6, 6.07) is 0.726. The molecule has 0 radical (unpaired) electrons. The Kier molecular flexibility index (Phi) is 18.0. The van der Waals surface area contributed by atoms with E-state index in [-0.39, 0.29) is 0 Å². The first-order valence-electron chi connectivity index (χ1n) is 6.29. The monoisotopic (exact) mass is 202 g/mol. The molecule has 1 aliphatic heterocycles. The highest BCUT2D eigenvalue weighted by Crippen LogP contribution is 1.90. The van der Waals surface area contributed by atoms with Crippen LogP contribution in [0.3, 0.4) is 0 Å². The second-order valence-corrected chi connectivity index (χ2v) is 3.26. The molecule has 0 bridgehead atoms. The Morgan fingerprint density at radius 2 is 1.57 bits per heavy atom. The van der Waals surface area contributed by atoms with Gasteiger partial charge in [0.1, 0.15) is 0 Å². The van der Waals surface area contributed by atoms with Gasteiger partial charge in [-0.1, -0.05) is 47.5 Å². The summed E-state index contributed by atoms with van der Waals surface area (Å²) in [7, 11) is 0. The van der Waals surface area contributed by atoms with Gasteiger partial charge in [-0.2, -0.15) is 0 Å².